The Hall–Kier alpha value is -3.80. The first-order chi connectivity index (χ1) is 16.1. The van der Waals surface area contributed by atoms with Crippen LogP contribution in [0.25, 0.3) is 23.3 Å². The number of rotatable bonds is 6. The highest BCUT2D eigenvalue weighted by Crippen LogP contribution is 2.33. The highest BCUT2D eigenvalue weighted by atomic mass is 16.1. The second kappa shape index (κ2) is 8.98. The van der Waals surface area contributed by atoms with Crippen LogP contribution in [0.3, 0.4) is 0 Å². The first kappa shape index (κ1) is 21.1. The Bertz CT molecular complexity index is 1330. The van der Waals surface area contributed by atoms with E-state index < -0.39 is 0 Å². The molecular weight excluding hydrogens is 410 g/mol. The fourth-order valence-electron chi connectivity index (χ4n) is 4.75. The molecule has 2 N–H and O–H groups in total. The number of pyridine rings is 1. The van der Waals surface area contributed by atoms with Crippen LogP contribution in [0.1, 0.15) is 25.7 Å². The number of benzene rings is 1. The van der Waals surface area contributed by atoms with Crippen molar-refractivity contribution in [2.75, 3.05) is 28.6 Å². The van der Waals surface area contributed by atoms with Gasteiger partial charge in [0.15, 0.2) is 0 Å². The van der Waals surface area contributed by atoms with Crippen molar-refractivity contribution < 1.29 is 4.79 Å². The summed E-state index contributed by atoms with van der Waals surface area (Å²) in [6, 6.07) is 10.2. The van der Waals surface area contributed by atoms with Gasteiger partial charge in [-0.3, -0.25) is 4.79 Å². The van der Waals surface area contributed by atoms with E-state index in [1.165, 1.54) is 35.0 Å². The van der Waals surface area contributed by atoms with Crippen molar-refractivity contribution in [3.63, 3.8) is 0 Å². The monoisotopic (exact) mass is 439 g/mol. The van der Waals surface area contributed by atoms with Crippen LogP contribution in [0.15, 0.2) is 55.4 Å². The average Bonchev–Trinajstić information content (AvgIpc) is 3.48. The van der Waals surface area contributed by atoms with Gasteiger partial charge in [0.2, 0.25) is 5.91 Å². The maximum Gasteiger partial charge on any atom is 0.247 e. The zero-order valence-corrected chi connectivity index (χ0v) is 19.0. The molecule has 0 unspecified atom stereocenters. The summed E-state index contributed by atoms with van der Waals surface area (Å²) in [5.41, 5.74) is 5.04. The quantitative estimate of drug-likeness (QED) is 0.572. The average molecular weight is 440 g/mol. The summed E-state index contributed by atoms with van der Waals surface area (Å²) in [5.74, 6) is 0.550. The summed E-state index contributed by atoms with van der Waals surface area (Å²) in [4.78, 5) is 18.9. The van der Waals surface area contributed by atoms with E-state index in [4.69, 9.17) is 0 Å². The number of fused-ring (bicyclic) bond motifs is 1. The maximum absolute atomic E-state index is 12.1. The smallest absolute Gasteiger partial charge is 0.247 e. The maximum atomic E-state index is 12.1. The molecule has 168 valence electrons. The van der Waals surface area contributed by atoms with Gasteiger partial charge in [-0.1, -0.05) is 18.7 Å². The molecule has 1 aliphatic heterocycles. The summed E-state index contributed by atoms with van der Waals surface area (Å²) in [5, 5.41) is 8.96. The number of hydrogen-bond donors (Lipinski definition) is 2. The Labute approximate surface area is 194 Å². The lowest BCUT2D eigenvalue weighted by molar-refractivity contribution is -0.111. The van der Waals surface area contributed by atoms with Crippen molar-refractivity contribution in [2.45, 2.75) is 25.7 Å². The van der Waals surface area contributed by atoms with Crippen LogP contribution < -0.4 is 26.1 Å². The predicted molar refractivity (Wildman–Crippen MR) is 136 cm³/mol. The zero-order chi connectivity index (χ0) is 22.8. The van der Waals surface area contributed by atoms with Crippen LogP contribution in [0.5, 0.6) is 0 Å². The normalized spacial score (nSPS) is 14.8. The summed E-state index contributed by atoms with van der Waals surface area (Å²) in [6.07, 6.45) is 14.5. The van der Waals surface area contributed by atoms with E-state index in [0.717, 1.165) is 54.4 Å². The Kier molecular flexibility index (Phi) is 5.73. The second-order valence-electron chi connectivity index (χ2n) is 8.61. The SMILES string of the molecule is C=CC(=O)Nc1cc(Nc2cc(-c3cn(C)c4c3=CCCC=4)ccn2)ccc1N1CCCC1. The van der Waals surface area contributed by atoms with Gasteiger partial charge in [-0.25, -0.2) is 4.98 Å². The van der Waals surface area contributed by atoms with E-state index in [1.807, 2.05) is 18.3 Å². The molecule has 2 aliphatic rings. The number of anilines is 4. The molecule has 3 heterocycles. The van der Waals surface area contributed by atoms with E-state index in [9.17, 15) is 4.79 Å². The highest BCUT2D eigenvalue weighted by molar-refractivity contribution is 6.01. The van der Waals surface area contributed by atoms with Crippen molar-refractivity contribution in [3.05, 3.63) is 65.9 Å². The molecule has 0 saturated carbocycles. The van der Waals surface area contributed by atoms with E-state index in [1.54, 1.807) is 0 Å². The fraction of sp³-hybridized carbons (Fsp3) is 0.259. The van der Waals surface area contributed by atoms with Crippen molar-refractivity contribution in [3.8, 4) is 11.1 Å². The van der Waals surface area contributed by atoms with Crippen LogP contribution >= 0.6 is 0 Å². The van der Waals surface area contributed by atoms with Crippen LogP contribution in [-0.2, 0) is 11.8 Å². The molecule has 0 radical (unpaired) electrons. The topological polar surface area (TPSA) is 62.2 Å². The number of nitrogens with one attached hydrogen (secondary N) is 2. The third kappa shape index (κ3) is 4.29. The zero-order valence-electron chi connectivity index (χ0n) is 19.0. The molecule has 33 heavy (non-hydrogen) atoms. The number of carbonyl (C=O) groups is 1. The van der Waals surface area contributed by atoms with Crippen LogP contribution in [0.2, 0.25) is 0 Å². The minimum absolute atomic E-state index is 0.213. The molecule has 1 saturated heterocycles. The Morgan fingerprint density at radius 1 is 1.12 bits per heavy atom. The lowest BCUT2D eigenvalue weighted by Gasteiger charge is -2.22. The molecule has 1 aliphatic carbocycles. The molecular formula is C27H29N5O. The minimum Gasteiger partial charge on any atom is -0.370 e. The van der Waals surface area contributed by atoms with Gasteiger partial charge in [0.1, 0.15) is 5.82 Å². The van der Waals surface area contributed by atoms with Gasteiger partial charge in [0, 0.05) is 54.3 Å². The van der Waals surface area contributed by atoms with Gasteiger partial charge < -0.3 is 20.1 Å². The van der Waals surface area contributed by atoms with E-state index in [-0.39, 0.29) is 5.91 Å². The van der Waals surface area contributed by atoms with Crippen molar-refractivity contribution in [2.24, 2.45) is 7.05 Å². The van der Waals surface area contributed by atoms with Gasteiger partial charge in [0.05, 0.1) is 11.4 Å². The molecule has 3 aromatic rings. The van der Waals surface area contributed by atoms with Crippen LogP contribution in [0.4, 0.5) is 22.9 Å². The third-order valence-electron chi connectivity index (χ3n) is 6.35. The molecule has 0 atom stereocenters. The number of aryl methyl sites for hydroxylation is 1. The predicted octanol–water partition coefficient (Wildman–Crippen LogP) is 3.91. The lowest BCUT2D eigenvalue weighted by atomic mass is 10.0. The minimum atomic E-state index is -0.213. The van der Waals surface area contributed by atoms with Crippen molar-refractivity contribution >= 4 is 40.9 Å². The molecule has 1 fully saturated rings. The van der Waals surface area contributed by atoms with Gasteiger partial charge in [0.25, 0.3) is 0 Å². The Balaban J connectivity index is 1.46. The Morgan fingerprint density at radius 3 is 2.76 bits per heavy atom. The standard InChI is InChI=1S/C27H29N5O/c1-3-27(33)30-23-17-20(10-11-25(23)32-14-6-7-15-32)29-26-16-19(12-13-28-26)22-18-31(2)24-9-5-4-8-21(22)24/h3,8-13,16-18H,1,4-7,14-15H2,2H3,(H,28,29)(H,30,33). The first-order valence-electron chi connectivity index (χ1n) is 11.5. The Morgan fingerprint density at radius 2 is 1.94 bits per heavy atom. The third-order valence-corrected chi connectivity index (χ3v) is 6.35. The first-order valence-corrected chi connectivity index (χ1v) is 11.5. The van der Waals surface area contributed by atoms with Gasteiger partial charge >= 0.3 is 0 Å². The summed E-state index contributed by atoms with van der Waals surface area (Å²) in [6.45, 7) is 5.59. The fourth-order valence-corrected chi connectivity index (χ4v) is 4.75. The summed E-state index contributed by atoms with van der Waals surface area (Å²) in [7, 11) is 2.10. The largest absolute Gasteiger partial charge is 0.370 e. The lowest BCUT2D eigenvalue weighted by Crippen LogP contribution is -2.29. The van der Waals surface area contributed by atoms with Crippen LogP contribution in [-0.4, -0.2) is 28.5 Å². The van der Waals surface area contributed by atoms with E-state index in [2.05, 4.69) is 75.3 Å². The second-order valence-corrected chi connectivity index (χ2v) is 8.61. The van der Waals surface area contributed by atoms with Gasteiger partial charge in [-0.15, -0.1) is 0 Å². The summed E-state index contributed by atoms with van der Waals surface area (Å²) < 4.78 is 2.19. The number of nitrogens with zero attached hydrogens (tertiary/aromatic N) is 3. The van der Waals surface area contributed by atoms with Gasteiger partial charge in [-0.05, 0) is 67.7 Å². The molecule has 5 rings (SSSR count). The molecule has 6 nitrogen and oxygen atoms in total. The molecule has 0 bridgehead atoms. The highest BCUT2D eigenvalue weighted by Gasteiger charge is 2.17. The molecule has 1 aromatic carbocycles. The molecule has 1 amide bonds. The number of hydrogen-bond acceptors (Lipinski definition) is 4. The number of aromatic nitrogens is 2. The van der Waals surface area contributed by atoms with E-state index in [0.29, 0.717) is 0 Å². The van der Waals surface area contributed by atoms with Crippen LogP contribution in [0, 0.1) is 0 Å². The van der Waals surface area contributed by atoms with E-state index >= 15 is 0 Å². The number of amides is 1. The van der Waals surface area contributed by atoms with Crippen molar-refractivity contribution in [1.82, 2.24) is 9.55 Å². The number of carbonyl (C=O) groups excluding carboxylic acids is 1. The summed E-state index contributed by atoms with van der Waals surface area (Å²) >= 11 is 0. The van der Waals surface area contributed by atoms with Crippen molar-refractivity contribution in [1.29, 1.82) is 0 Å². The molecule has 0 spiro atoms. The van der Waals surface area contributed by atoms with Gasteiger partial charge in [-0.2, -0.15) is 0 Å². The molecule has 2 aromatic heterocycles. The molecule has 6 heteroatoms.